The minimum Gasteiger partial charge on any atom is -0.354 e. The molecule has 0 aromatic heterocycles. The third-order valence-electron chi connectivity index (χ3n) is 6.63. The monoisotopic (exact) mass is 569 g/mol. The zero-order valence-corrected chi connectivity index (χ0v) is 24.6. The van der Waals surface area contributed by atoms with Gasteiger partial charge in [0.1, 0.15) is 12.6 Å². The highest BCUT2D eigenvalue weighted by Gasteiger charge is 2.33. The Morgan fingerprint density at radius 1 is 0.949 bits per heavy atom. The number of benzene rings is 3. The fourth-order valence-electron chi connectivity index (χ4n) is 4.20. The lowest BCUT2D eigenvalue weighted by Gasteiger charge is -2.32. The molecule has 0 fully saturated rings. The Kier molecular flexibility index (Phi) is 10.2. The van der Waals surface area contributed by atoms with Gasteiger partial charge in [-0.1, -0.05) is 60.5 Å². The molecule has 0 saturated carbocycles. The molecule has 9 heteroatoms. The number of nitrogens with zero attached hydrogens (tertiary/aromatic N) is 2. The fourth-order valence-corrected chi connectivity index (χ4v) is 5.90. The van der Waals surface area contributed by atoms with Crippen LogP contribution in [0.1, 0.15) is 42.5 Å². The summed E-state index contributed by atoms with van der Waals surface area (Å²) in [7, 11) is -4.13. The summed E-state index contributed by atoms with van der Waals surface area (Å²) < 4.78 is 29.0. The molecule has 1 N–H and O–H groups in total. The first-order chi connectivity index (χ1) is 18.4. The summed E-state index contributed by atoms with van der Waals surface area (Å²) in [5.74, 6) is -0.795. The van der Waals surface area contributed by atoms with Gasteiger partial charge in [-0.3, -0.25) is 13.9 Å². The van der Waals surface area contributed by atoms with Gasteiger partial charge in [0.15, 0.2) is 0 Å². The number of nitrogens with one attached hydrogen (secondary N) is 1. The minimum atomic E-state index is -4.13. The normalized spacial score (nSPS) is 12.1. The lowest BCUT2D eigenvalue weighted by Crippen LogP contribution is -2.51. The first-order valence-electron chi connectivity index (χ1n) is 12.9. The second-order valence-corrected chi connectivity index (χ2v) is 12.0. The summed E-state index contributed by atoms with van der Waals surface area (Å²) in [5, 5.41) is 3.31. The molecule has 2 amide bonds. The summed E-state index contributed by atoms with van der Waals surface area (Å²) in [6.45, 7) is 9.31. The van der Waals surface area contributed by atoms with E-state index in [0.717, 1.165) is 27.4 Å². The standard InChI is InChI=1S/C30H36ClN3O4S/c1-6-17-32-30(36)24(5)33(19-25-10-8-7-9-22(25)3)29(35)20-34(28-16-13-26(31)18-23(28)4)39(37,38)27-14-11-21(2)12-15-27/h7-16,18,24H,6,17,19-20H2,1-5H3,(H,32,36). The Balaban J connectivity index is 2.06. The third-order valence-corrected chi connectivity index (χ3v) is 8.64. The van der Waals surface area contributed by atoms with E-state index in [2.05, 4.69) is 5.32 Å². The van der Waals surface area contributed by atoms with Crippen molar-refractivity contribution in [3.05, 3.63) is 94.0 Å². The van der Waals surface area contributed by atoms with E-state index in [4.69, 9.17) is 11.6 Å². The van der Waals surface area contributed by atoms with Gasteiger partial charge in [0.05, 0.1) is 10.6 Å². The number of aryl methyl sites for hydroxylation is 3. The van der Waals surface area contributed by atoms with Gasteiger partial charge < -0.3 is 10.2 Å². The molecule has 39 heavy (non-hydrogen) atoms. The van der Waals surface area contributed by atoms with E-state index in [-0.39, 0.29) is 17.3 Å². The van der Waals surface area contributed by atoms with Crippen LogP contribution in [0.3, 0.4) is 0 Å². The van der Waals surface area contributed by atoms with Gasteiger partial charge in [-0.25, -0.2) is 8.42 Å². The quantitative estimate of drug-likeness (QED) is 0.335. The van der Waals surface area contributed by atoms with Gasteiger partial charge in [-0.2, -0.15) is 0 Å². The molecule has 7 nitrogen and oxygen atoms in total. The second kappa shape index (κ2) is 13.1. The van der Waals surface area contributed by atoms with E-state index < -0.39 is 28.5 Å². The Morgan fingerprint density at radius 3 is 2.23 bits per heavy atom. The van der Waals surface area contributed by atoms with Crippen molar-refractivity contribution >= 4 is 39.1 Å². The van der Waals surface area contributed by atoms with Crippen LogP contribution in [0.2, 0.25) is 5.02 Å². The van der Waals surface area contributed by atoms with Gasteiger partial charge >= 0.3 is 0 Å². The van der Waals surface area contributed by atoms with Gasteiger partial charge in [-0.15, -0.1) is 0 Å². The lowest BCUT2D eigenvalue weighted by molar-refractivity contribution is -0.139. The number of hydrogen-bond donors (Lipinski definition) is 1. The van der Waals surface area contributed by atoms with Crippen LogP contribution in [0.4, 0.5) is 5.69 Å². The van der Waals surface area contributed by atoms with E-state index in [0.29, 0.717) is 22.8 Å². The number of rotatable bonds is 11. The van der Waals surface area contributed by atoms with E-state index >= 15 is 0 Å². The molecule has 0 heterocycles. The summed E-state index contributed by atoms with van der Waals surface area (Å²) in [6, 6.07) is 18.1. The number of carbonyl (C=O) groups excluding carboxylic acids is 2. The van der Waals surface area contributed by atoms with E-state index in [1.54, 1.807) is 44.2 Å². The summed E-state index contributed by atoms with van der Waals surface area (Å²) in [6.07, 6.45) is 0.753. The van der Waals surface area contributed by atoms with E-state index in [9.17, 15) is 18.0 Å². The molecule has 0 radical (unpaired) electrons. The predicted octanol–water partition coefficient (Wildman–Crippen LogP) is 5.40. The molecule has 208 valence electrons. The number of anilines is 1. The smallest absolute Gasteiger partial charge is 0.264 e. The predicted molar refractivity (Wildman–Crippen MR) is 156 cm³/mol. The number of sulfonamides is 1. The minimum absolute atomic E-state index is 0.0643. The molecule has 3 aromatic rings. The largest absolute Gasteiger partial charge is 0.354 e. The highest BCUT2D eigenvalue weighted by molar-refractivity contribution is 7.92. The highest BCUT2D eigenvalue weighted by Crippen LogP contribution is 2.29. The van der Waals surface area contributed by atoms with Gasteiger partial charge in [0, 0.05) is 18.1 Å². The number of amides is 2. The maximum Gasteiger partial charge on any atom is 0.264 e. The Bertz CT molecular complexity index is 1420. The lowest BCUT2D eigenvalue weighted by atomic mass is 10.1. The van der Waals surface area contributed by atoms with Crippen LogP contribution in [0.15, 0.2) is 71.6 Å². The molecule has 0 saturated heterocycles. The van der Waals surface area contributed by atoms with Gasteiger partial charge in [0.25, 0.3) is 10.0 Å². The zero-order chi connectivity index (χ0) is 28.7. The summed E-state index contributed by atoms with van der Waals surface area (Å²) >= 11 is 6.16. The average molecular weight is 570 g/mol. The first-order valence-corrected chi connectivity index (χ1v) is 14.7. The zero-order valence-electron chi connectivity index (χ0n) is 23.1. The van der Waals surface area contributed by atoms with Crippen molar-refractivity contribution in [1.82, 2.24) is 10.2 Å². The van der Waals surface area contributed by atoms with Crippen molar-refractivity contribution in [2.45, 2.75) is 58.5 Å². The highest BCUT2D eigenvalue weighted by atomic mass is 35.5. The number of halogens is 1. The molecule has 1 atom stereocenters. The van der Waals surface area contributed by atoms with Crippen molar-refractivity contribution in [3.63, 3.8) is 0 Å². The molecule has 0 bridgehead atoms. The van der Waals surface area contributed by atoms with Crippen molar-refractivity contribution in [1.29, 1.82) is 0 Å². The molecule has 1 unspecified atom stereocenters. The van der Waals surface area contributed by atoms with Gasteiger partial charge in [-0.05, 0) is 81.1 Å². The van der Waals surface area contributed by atoms with Crippen molar-refractivity contribution in [2.75, 3.05) is 17.4 Å². The Morgan fingerprint density at radius 2 is 1.62 bits per heavy atom. The van der Waals surface area contributed by atoms with Crippen molar-refractivity contribution in [3.8, 4) is 0 Å². The van der Waals surface area contributed by atoms with Gasteiger partial charge in [0.2, 0.25) is 11.8 Å². The van der Waals surface area contributed by atoms with Crippen LogP contribution in [-0.2, 0) is 26.2 Å². The van der Waals surface area contributed by atoms with Crippen molar-refractivity contribution < 1.29 is 18.0 Å². The Labute approximate surface area is 236 Å². The maximum absolute atomic E-state index is 14.0. The molecule has 3 rings (SSSR count). The van der Waals surface area contributed by atoms with Crippen molar-refractivity contribution in [2.24, 2.45) is 0 Å². The third kappa shape index (κ3) is 7.40. The van der Waals surface area contributed by atoms with Crippen LogP contribution in [0, 0.1) is 20.8 Å². The van der Waals surface area contributed by atoms with Crippen LogP contribution in [0.5, 0.6) is 0 Å². The van der Waals surface area contributed by atoms with Crippen LogP contribution in [0.25, 0.3) is 0 Å². The SMILES string of the molecule is CCCNC(=O)C(C)N(Cc1ccccc1C)C(=O)CN(c1ccc(Cl)cc1C)S(=O)(=O)c1ccc(C)cc1. The fraction of sp³-hybridized carbons (Fsp3) is 0.333. The number of carbonyl (C=O) groups is 2. The summed E-state index contributed by atoms with van der Waals surface area (Å²) in [4.78, 5) is 28.5. The second-order valence-electron chi connectivity index (χ2n) is 9.67. The molecule has 0 aliphatic rings. The molecular formula is C30H36ClN3O4S. The van der Waals surface area contributed by atoms with E-state index in [1.165, 1.54) is 17.0 Å². The number of hydrogen-bond acceptors (Lipinski definition) is 4. The Hall–Kier alpha value is -3.36. The van der Waals surface area contributed by atoms with E-state index in [1.807, 2.05) is 45.0 Å². The molecule has 3 aromatic carbocycles. The van der Waals surface area contributed by atoms with Crippen LogP contribution < -0.4 is 9.62 Å². The summed E-state index contributed by atoms with van der Waals surface area (Å²) in [5.41, 5.74) is 3.69. The molecular weight excluding hydrogens is 534 g/mol. The van der Waals surface area contributed by atoms with Crippen LogP contribution >= 0.6 is 11.6 Å². The molecule has 0 aliphatic heterocycles. The van der Waals surface area contributed by atoms with Crippen LogP contribution in [-0.4, -0.2) is 44.3 Å². The first kappa shape index (κ1) is 30.2. The molecule has 0 aliphatic carbocycles. The average Bonchev–Trinajstić information content (AvgIpc) is 2.90. The topological polar surface area (TPSA) is 86.8 Å². The molecule has 0 spiro atoms. The maximum atomic E-state index is 14.0.